The number of amides is 1. The molecule has 1 atom stereocenters. The Balaban J connectivity index is 1.84. The number of hydrogen-bond donors (Lipinski definition) is 1. The number of rotatable bonds is 5. The van der Waals surface area contributed by atoms with Crippen molar-refractivity contribution in [1.29, 1.82) is 0 Å². The van der Waals surface area contributed by atoms with Crippen molar-refractivity contribution < 1.29 is 9.32 Å². The molecule has 1 fully saturated rings. The van der Waals surface area contributed by atoms with Gasteiger partial charge in [-0.25, -0.2) is 9.97 Å². The van der Waals surface area contributed by atoms with E-state index in [1.165, 1.54) is 0 Å². The summed E-state index contributed by atoms with van der Waals surface area (Å²) in [5.41, 5.74) is 1.25. The van der Waals surface area contributed by atoms with Gasteiger partial charge in [0.15, 0.2) is 5.69 Å². The van der Waals surface area contributed by atoms with Gasteiger partial charge in [0, 0.05) is 32.1 Å². The minimum atomic E-state index is -0.0918. The first-order valence-electron chi connectivity index (χ1n) is 8.42. The fourth-order valence-electron chi connectivity index (χ4n) is 3.13. The first-order valence-corrected chi connectivity index (χ1v) is 8.42. The van der Waals surface area contributed by atoms with Crippen molar-refractivity contribution in [3.05, 3.63) is 35.1 Å². The number of hydrogen-bond acceptors (Lipinski definition) is 6. The smallest absolute Gasteiger partial charge is 0.276 e. The Morgan fingerprint density at radius 1 is 1.42 bits per heavy atom. The Kier molecular flexibility index (Phi) is 4.78. The van der Waals surface area contributed by atoms with Gasteiger partial charge in [-0.05, 0) is 26.2 Å². The van der Waals surface area contributed by atoms with E-state index in [2.05, 4.69) is 27.4 Å². The van der Waals surface area contributed by atoms with E-state index in [1.807, 2.05) is 24.9 Å². The van der Waals surface area contributed by atoms with Crippen molar-refractivity contribution in [3.63, 3.8) is 0 Å². The van der Waals surface area contributed by atoms with Crippen LogP contribution in [0.1, 0.15) is 60.0 Å². The van der Waals surface area contributed by atoms with Crippen molar-refractivity contribution in [2.75, 3.05) is 18.9 Å². The van der Waals surface area contributed by atoms with Crippen LogP contribution >= 0.6 is 0 Å². The fraction of sp³-hybridized carbons (Fsp3) is 0.529. The Morgan fingerprint density at radius 2 is 2.25 bits per heavy atom. The van der Waals surface area contributed by atoms with Crippen LogP contribution in [-0.2, 0) is 6.42 Å². The molecule has 1 N–H and O–H groups in total. The molecule has 128 valence electrons. The molecule has 3 rings (SSSR count). The summed E-state index contributed by atoms with van der Waals surface area (Å²) in [5.74, 6) is 2.13. The molecule has 0 unspecified atom stereocenters. The zero-order valence-electron chi connectivity index (χ0n) is 14.4. The average Bonchev–Trinajstić information content (AvgIpc) is 3.23. The third-order valence-electron chi connectivity index (χ3n) is 4.24. The third-order valence-corrected chi connectivity index (χ3v) is 4.24. The number of nitrogens with one attached hydrogen (secondary N) is 1. The van der Waals surface area contributed by atoms with E-state index in [0.29, 0.717) is 18.1 Å². The minimum absolute atomic E-state index is 0.0439. The number of carbonyl (C=O) groups excluding carboxylic acids is 1. The number of nitrogens with zero attached hydrogens (tertiary/aromatic N) is 4. The van der Waals surface area contributed by atoms with Crippen LogP contribution < -0.4 is 5.32 Å². The first-order chi connectivity index (χ1) is 11.6. The van der Waals surface area contributed by atoms with Gasteiger partial charge >= 0.3 is 0 Å². The molecule has 3 heterocycles. The third kappa shape index (κ3) is 3.25. The molecule has 7 heteroatoms. The van der Waals surface area contributed by atoms with E-state index in [0.717, 1.165) is 43.0 Å². The molecule has 1 amide bonds. The van der Waals surface area contributed by atoms with Crippen LogP contribution in [0.3, 0.4) is 0 Å². The van der Waals surface area contributed by atoms with E-state index in [9.17, 15) is 4.79 Å². The molecule has 0 spiro atoms. The molecular weight excluding hydrogens is 306 g/mol. The fourth-order valence-corrected chi connectivity index (χ4v) is 3.13. The SMILES string of the molecule is CCCc1cc(C(=O)N2CCC[C@H]2c2cc(NC)nc(C)n2)no1. The molecule has 1 aliphatic heterocycles. The van der Waals surface area contributed by atoms with Crippen LogP contribution in [0.4, 0.5) is 5.82 Å². The summed E-state index contributed by atoms with van der Waals surface area (Å²) in [5, 5.41) is 6.99. The normalized spacial score (nSPS) is 17.3. The van der Waals surface area contributed by atoms with Gasteiger partial charge in [-0.3, -0.25) is 4.79 Å². The van der Waals surface area contributed by atoms with Crippen molar-refractivity contribution in [3.8, 4) is 0 Å². The lowest BCUT2D eigenvalue weighted by atomic mass is 10.1. The lowest BCUT2D eigenvalue weighted by molar-refractivity contribution is 0.0722. The summed E-state index contributed by atoms with van der Waals surface area (Å²) in [6, 6.07) is 3.62. The van der Waals surface area contributed by atoms with Crippen molar-refractivity contribution in [2.24, 2.45) is 0 Å². The average molecular weight is 329 g/mol. The largest absolute Gasteiger partial charge is 0.373 e. The quantitative estimate of drug-likeness (QED) is 0.908. The molecule has 0 bridgehead atoms. The lowest BCUT2D eigenvalue weighted by Gasteiger charge is -2.23. The summed E-state index contributed by atoms with van der Waals surface area (Å²) in [7, 11) is 1.83. The number of aryl methyl sites for hydroxylation is 2. The molecule has 0 saturated carbocycles. The topological polar surface area (TPSA) is 84.2 Å². The maximum Gasteiger partial charge on any atom is 0.276 e. The second-order valence-corrected chi connectivity index (χ2v) is 6.06. The monoisotopic (exact) mass is 329 g/mol. The minimum Gasteiger partial charge on any atom is -0.373 e. The number of likely N-dealkylation sites (tertiary alicyclic amines) is 1. The van der Waals surface area contributed by atoms with E-state index < -0.39 is 0 Å². The summed E-state index contributed by atoms with van der Waals surface area (Å²) in [4.78, 5) is 23.5. The van der Waals surface area contributed by atoms with E-state index in [-0.39, 0.29) is 11.9 Å². The van der Waals surface area contributed by atoms with E-state index >= 15 is 0 Å². The van der Waals surface area contributed by atoms with Gasteiger partial charge in [-0.2, -0.15) is 0 Å². The molecule has 2 aromatic rings. The Hall–Kier alpha value is -2.44. The molecule has 7 nitrogen and oxygen atoms in total. The Labute approximate surface area is 141 Å². The second kappa shape index (κ2) is 6.98. The predicted octanol–water partition coefficient (Wildman–Crippen LogP) is 2.74. The van der Waals surface area contributed by atoms with Crippen molar-refractivity contribution >= 4 is 11.7 Å². The van der Waals surface area contributed by atoms with Gasteiger partial charge in [-0.15, -0.1) is 0 Å². The summed E-state index contributed by atoms with van der Waals surface area (Å²) < 4.78 is 5.25. The molecule has 2 aromatic heterocycles. The number of aromatic nitrogens is 3. The van der Waals surface area contributed by atoms with Crippen LogP contribution in [0.2, 0.25) is 0 Å². The zero-order chi connectivity index (χ0) is 17.1. The number of carbonyl (C=O) groups is 1. The highest BCUT2D eigenvalue weighted by Gasteiger charge is 2.33. The molecular formula is C17H23N5O2. The maximum absolute atomic E-state index is 12.8. The predicted molar refractivity (Wildman–Crippen MR) is 89.8 cm³/mol. The van der Waals surface area contributed by atoms with Crippen molar-refractivity contribution in [1.82, 2.24) is 20.0 Å². The van der Waals surface area contributed by atoms with Crippen LogP contribution in [0.5, 0.6) is 0 Å². The number of anilines is 1. The summed E-state index contributed by atoms with van der Waals surface area (Å²) in [6.07, 6.45) is 3.60. The van der Waals surface area contributed by atoms with Gasteiger partial charge < -0.3 is 14.7 Å². The highest BCUT2D eigenvalue weighted by Crippen LogP contribution is 2.32. The molecule has 0 aliphatic carbocycles. The van der Waals surface area contributed by atoms with Crippen molar-refractivity contribution in [2.45, 2.75) is 45.6 Å². The highest BCUT2D eigenvalue weighted by atomic mass is 16.5. The standard InChI is InChI=1S/C17H23N5O2/c1-4-6-12-9-14(21-24-12)17(23)22-8-5-7-15(22)13-10-16(18-3)20-11(2)19-13/h9-10,15H,4-8H2,1-3H3,(H,18,19,20)/t15-/m0/s1. The van der Waals surface area contributed by atoms with E-state index in [4.69, 9.17) is 4.52 Å². The van der Waals surface area contributed by atoms with Gasteiger partial charge in [0.25, 0.3) is 5.91 Å². The molecule has 24 heavy (non-hydrogen) atoms. The molecule has 0 radical (unpaired) electrons. The van der Waals surface area contributed by atoms with Gasteiger partial charge in [0.2, 0.25) is 0 Å². The van der Waals surface area contributed by atoms with Gasteiger partial charge in [0.1, 0.15) is 17.4 Å². The second-order valence-electron chi connectivity index (χ2n) is 6.06. The lowest BCUT2D eigenvalue weighted by Crippen LogP contribution is -2.31. The van der Waals surface area contributed by atoms with Crippen LogP contribution in [-0.4, -0.2) is 39.5 Å². The molecule has 1 aliphatic rings. The first kappa shape index (κ1) is 16.4. The van der Waals surface area contributed by atoms with E-state index in [1.54, 1.807) is 6.07 Å². The maximum atomic E-state index is 12.8. The summed E-state index contributed by atoms with van der Waals surface area (Å²) in [6.45, 7) is 4.63. The van der Waals surface area contributed by atoms with Crippen LogP contribution in [0.25, 0.3) is 0 Å². The summed E-state index contributed by atoms with van der Waals surface area (Å²) >= 11 is 0. The van der Waals surface area contributed by atoms with Gasteiger partial charge in [-0.1, -0.05) is 12.1 Å². The van der Waals surface area contributed by atoms with Crippen LogP contribution in [0, 0.1) is 6.92 Å². The van der Waals surface area contributed by atoms with Gasteiger partial charge in [0.05, 0.1) is 11.7 Å². The molecule has 0 aromatic carbocycles. The Morgan fingerprint density at radius 3 is 3.00 bits per heavy atom. The highest BCUT2D eigenvalue weighted by molar-refractivity contribution is 5.92. The molecule has 1 saturated heterocycles. The zero-order valence-corrected chi connectivity index (χ0v) is 14.4. The van der Waals surface area contributed by atoms with Crippen LogP contribution in [0.15, 0.2) is 16.7 Å². The Bertz CT molecular complexity index is 728.